The Balaban J connectivity index is 2.81. The minimum absolute atomic E-state index is 0.0373. The maximum atomic E-state index is 12.4. The first-order chi connectivity index (χ1) is 9.79. The lowest BCUT2D eigenvalue weighted by Gasteiger charge is -2.35. The van der Waals surface area contributed by atoms with E-state index in [2.05, 4.69) is 0 Å². The van der Waals surface area contributed by atoms with Crippen molar-refractivity contribution in [2.75, 3.05) is 25.9 Å². The third-order valence-electron chi connectivity index (χ3n) is 3.60. The summed E-state index contributed by atoms with van der Waals surface area (Å²) in [6, 6.07) is -0.686. The highest BCUT2D eigenvalue weighted by molar-refractivity contribution is 7.89. The van der Waals surface area contributed by atoms with Crippen LogP contribution in [0.1, 0.15) is 39.0 Å². The first-order valence-corrected chi connectivity index (χ1v) is 8.86. The summed E-state index contributed by atoms with van der Waals surface area (Å²) in [4.78, 5) is 24.3. The normalized spacial score (nSPS) is 20.2. The second kappa shape index (κ2) is 7.74. The third kappa shape index (κ3) is 4.96. The molecule has 1 unspecified atom stereocenters. The predicted molar refractivity (Wildman–Crippen MR) is 78.3 cm³/mol. The van der Waals surface area contributed by atoms with Gasteiger partial charge in [0, 0.05) is 20.1 Å². The van der Waals surface area contributed by atoms with Crippen LogP contribution in [0.4, 0.5) is 0 Å². The van der Waals surface area contributed by atoms with Gasteiger partial charge in [-0.05, 0) is 19.3 Å². The molecule has 1 rings (SSSR count). The zero-order chi connectivity index (χ0) is 16.0. The van der Waals surface area contributed by atoms with Crippen molar-refractivity contribution in [2.24, 2.45) is 0 Å². The molecule has 1 atom stereocenters. The minimum atomic E-state index is -3.42. The lowest BCUT2D eigenvalue weighted by molar-refractivity contribution is -0.139. The van der Waals surface area contributed by atoms with Crippen LogP contribution in [-0.2, 0) is 19.6 Å². The molecule has 8 heteroatoms. The van der Waals surface area contributed by atoms with Crippen LogP contribution in [0.25, 0.3) is 0 Å². The van der Waals surface area contributed by atoms with E-state index in [0.29, 0.717) is 19.4 Å². The molecule has 7 nitrogen and oxygen atoms in total. The molecule has 1 saturated heterocycles. The Bertz CT molecular complexity index is 477. The number of rotatable bonds is 7. The van der Waals surface area contributed by atoms with E-state index in [-0.39, 0.29) is 24.6 Å². The number of carbonyl (C=O) groups excluding carboxylic acids is 1. The average Bonchev–Trinajstić information content (AvgIpc) is 2.43. The SMILES string of the molecule is CCCS(=O)(=O)N1CCCCC1C(=O)N(C)CCC(=O)O. The second-order valence-electron chi connectivity index (χ2n) is 5.34. The van der Waals surface area contributed by atoms with Gasteiger partial charge in [-0.3, -0.25) is 9.59 Å². The lowest BCUT2D eigenvalue weighted by Crippen LogP contribution is -2.52. The highest BCUT2D eigenvalue weighted by atomic mass is 32.2. The summed E-state index contributed by atoms with van der Waals surface area (Å²) in [6.07, 6.45) is 2.43. The molecule has 1 N–H and O–H groups in total. The van der Waals surface area contributed by atoms with Gasteiger partial charge in [0.1, 0.15) is 6.04 Å². The molecule has 0 spiro atoms. The van der Waals surface area contributed by atoms with Crippen molar-refractivity contribution < 1.29 is 23.1 Å². The van der Waals surface area contributed by atoms with Gasteiger partial charge in [0.15, 0.2) is 0 Å². The molecular weight excluding hydrogens is 296 g/mol. The number of piperidine rings is 1. The van der Waals surface area contributed by atoms with E-state index in [4.69, 9.17) is 5.11 Å². The van der Waals surface area contributed by atoms with E-state index < -0.39 is 22.0 Å². The second-order valence-corrected chi connectivity index (χ2v) is 7.38. The van der Waals surface area contributed by atoms with E-state index in [1.807, 2.05) is 0 Å². The lowest BCUT2D eigenvalue weighted by atomic mass is 10.0. The van der Waals surface area contributed by atoms with Crippen molar-refractivity contribution in [1.82, 2.24) is 9.21 Å². The standard InChI is InChI=1S/C13H24N2O5S/c1-3-10-21(19,20)15-8-5-4-6-11(15)13(18)14(2)9-7-12(16)17/h11H,3-10H2,1-2H3,(H,16,17). The van der Waals surface area contributed by atoms with E-state index in [0.717, 1.165) is 12.8 Å². The molecule has 0 aromatic heterocycles. The fourth-order valence-corrected chi connectivity index (χ4v) is 4.23. The molecule has 0 aliphatic carbocycles. The van der Waals surface area contributed by atoms with Crippen LogP contribution in [0.3, 0.4) is 0 Å². The van der Waals surface area contributed by atoms with Gasteiger partial charge in [0.2, 0.25) is 15.9 Å². The van der Waals surface area contributed by atoms with Crippen molar-refractivity contribution in [3.8, 4) is 0 Å². The van der Waals surface area contributed by atoms with E-state index in [1.54, 1.807) is 6.92 Å². The van der Waals surface area contributed by atoms with Crippen LogP contribution in [0.2, 0.25) is 0 Å². The van der Waals surface area contributed by atoms with Gasteiger partial charge in [-0.25, -0.2) is 8.42 Å². The number of carboxylic acid groups (broad SMARTS) is 1. The zero-order valence-corrected chi connectivity index (χ0v) is 13.4. The maximum absolute atomic E-state index is 12.4. The Kier molecular flexibility index (Phi) is 6.60. The van der Waals surface area contributed by atoms with Gasteiger partial charge in [-0.2, -0.15) is 4.31 Å². The molecule has 0 aromatic rings. The minimum Gasteiger partial charge on any atom is -0.481 e. The molecule has 0 bridgehead atoms. The van der Waals surface area contributed by atoms with Gasteiger partial charge in [-0.1, -0.05) is 13.3 Å². The van der Waals surface area contributed by atoms with Gasteiger partial charge < -0.3 is 10.0 Å². The van der Waals surface area contributed by atoms with Crippen molar-refractivity contribution >= 4 is 21.9 Å². The molecule has 0 radical (unpaired) electrons. The highest BCUT2D eigenvalue weighted by Gasteiger charge is 2.37. The van der Waals surface area contributed by atoms with Crippen molar-refractivity contribution in [2.45, 2.75) is 45.1 Å². The molecule has 0 aromatic carbocycles. The largest absolute Gasteiger partial charge is 0.481 e. The molecule has 21 heavy (non-hydrogen) atoms. The number of aliphatic carboxylic acids is 1. The average molecular weight is 320 g/mol. The van der Waals surface area contributed by atoms with Gasteiger partial charge in [0.05, 0.1) is 12.2 Å². The number of carboxylic acids is 1. The monoisotopic (exact) mass is 320 g/mol. The fourth-order valence-electron chi connectivity index (χ4n) is 2.49. The van der Waals surface area contributed by atoms with Crippen LogP contribution in [0.15, 0.2) is 0 Å². The van der Waals surface area contributed by atoms with Crippen LogP contribution in [0.5, 0.6) is 0 Å². The molecule has 0 saturated carbocycles. The predicted octanol–water partition coefficient (Wildman–Crippen LogP) is 0.514. The molecule has 1 aliphatic heterocycles. The number of sulfonamides is 1. The number of likely N-dealkylation sites (N-methyl/N-ethyl adjacent to an activating group) is 1. The summed E-state index contributed by atoms with van der Waals surface area (Å²) in [7, 11) is -1.90. The Labute approximate surface area is 126 Å². The number of hydrogen-bond acceptors (Lipinski definition) is 4. The molecule has 1 aliphatic rings. The number of carbonyl (C=O) groups is 2. The molecule has 1 amide bonds. The third-order valence-corrected chi connectivity index (χ3v) is 5.67. The Hall–Kier alpha value is -1.15. The highest BCUT2D eigenvalue weighted by Crippen LogP contribution is 2.22. The van der Waals surface area contributed by atoms with Crippen molar-refractivity contribution in [3.05, 3.63) is 0 Å². The Morgan fingerprint density at radius 1 is 1.33 bits per heavy atom. The maximum Gasteiger partial charge on any atom is 0.305 e. The fraction of sp³-hybridized carbons (Fsp3) is 0.846. The summed E-state index contributed by atoms with van der Waals surface area (Å²) in [5.41, 5.74) is 0. The molecule has 1 heterocycles. The zero-order valence-electron chi connectivity index (χ0n) is 12.6. The molecule has 122 valence electrons. The van der Waals surface area contributed by atoms with Crippen LogP contribution < -0.4 is 0 Å². The topological polar surface area (TPSA) is 95.0 Å². The first-order valence-electron chi connectivity index (χ1n) is 7.26. The van der Waals surface area contributed by atoms with E-state index in [1.165, 1.54) is 16.3 Å². The summed E-state index contributed by atoms with van der Waals surface area (Å²) in [5, 5.41) is 8.66. The summed E-state index contributed by atoms with van der Waals surface area (Å²) < 4.78 is 25.8. The van der Waals surface area contributed by atoms with Gasteiger partial charge >= 0.3 is 5.97 Å². The Morgan fingerprint density at radius 3 is 2.57 bits per heavy atom. The number of hydrogen-bond donors (Lipinski definition) is 1. The van der Waals surface area contributed by atoms with E-state index >= 15 is 0 Å². The van der Waals surface area contributed by atoms with Crippen molar-refractivity contribution in [1.29, 1.82) is 0 Å². The van der Waals surface area contributed by atoms with Crippen LogP contribution in [-0.4, -0.2) is 66.5 Å². The molecular formula is C13H24N2O5S. The number of amides is 1. The smallest absolute Gasteiger partial charge is 0.305 e. The van der Waals surface area contributed by atoms with Crippen LogP contribution >= 0.6 is 0 Å². The summed E-state index contributed by atoms with van der Waals surface area (Å²) in [5.74, 6) is -1.25. The first kappa shape index (κ1) is 17.9. The van der Waals surface area contributed by atoms with E-state index in [9.17, 15) is 18.0 Å². The van der Waals surface area contributed by atoms with Crippen molar-refractivity contribution in [3.63, 3.8) is 0 Å². The Morgan fingerprint density at radius 2 is 2.00 bits per heavy atom. The number of nitrogens with zero attached hydrogens (tertiary/aromatic N) is 2. The molecule has 1 fully saturated rings. The van der Waals surface area contributed by atoms with Crippen LogP contribution in [0, 0.1) is 0 Å². The summed E-state index contributed by atoms with van der Waals surface area (Å²) >= 11 is 0. The van der Waals surface area contributed by atoms with Gasteiger partial charge in [-0.15, -0.1) is 0 Å². The summed E-state index contributed by atoms with van der Waals surface area (Å²) in [6.45, 7) is 2.25. The van der Waals surface area contributed by atoms with Gasteiger partial charge in [0.25, 0.3) is 0 Å². The quantitative estimate of drug-likeness (QED) is 0.737.